The third-order valence-corrected chi connectivity index (χ3v) is 3.18. The van der Waals surface area contributed by atoms with Gasteiger partial charge in [0.1, 0.15) is 4.60 Å². The van der Waals surface area contributed by atoms with Gasteiger partial charge in [0, 0.05) is 21.4 Å². The lowest BCUT2D eigenvalue weighted by Gasteiger charge is -2.02. The van der Waals surface area contributed by atoms with Crippen LogP contribution < -0.4 is 0 Å². The van der Waals surface area contributed by atoms with E-state index in [0.717, 1.165) is 19.8 Å². The SMILES string of the molecule is Clc1cnc(Br)c2ccc(Br)cc12. The van der Waals surface area contributed by atoms with Gasteiger partial charge in [-0.3, -0.25) is 0 Å². The third kappa shape index (κ3) is 1.73. The number of hydrogen-bond donors (Lipinski definition) is 0. The van der Waals surface area contributed by atoms with Crippen LogP contribution in [0.3, 0.4) is 0 Å². The van der Waals surface area contributed by atoms with E-state index in [9.17, 15) is 0 Å². The Hall–Kier alpha value is -0.120. The lowest BCUT2D eigenvalue weighted by molar-refractivity contribution is 1.31. The van der Waals surface area contributed by atoms with Crippen LogP contribution in [0.2, 0.25) is 5.02 Å². The zero-order valence-corrected chi connectivity index (χ0v) is 10.3. The molecule has 13 heavy (non-hydrogen) atoms. The number of benzene rings is 1. The largest absolute Gasteiger partial charge is 0.247 e. The van der Waals surface area contributed by atoms with E-state index in [1.165, 1.54) is 0 Å². The molecule has 0 saturated carbocycles. The molecule has 2 rings (SSSR count). The van der Waals surface area contributed by atoms with Crippen LogP contribution in [-0.4, -0.2) is 4.98 Å². The van der Waals surface area contributed by atoms with Crippen LogP contribution in [-0.2, 0) is 0 Å². The molecule has 1 heterocycles. The van der Waals surface area contributed by atoms with E-state index in [1.807, 2.05) is 18.2 Å². The van der Waals surface area contributed by atoms with E-state index >= 15 is 0 Å². The van der Waals surface area contributed by atoms with Gasteiger partial charge in [-0.1, -0.05) is 33.6 Å². The number of hydrogen-bond acceptors (Lipinski definition) is 1. The van der Waals surface area contributed by atoms with Gasteiger partial charge in [0.25, 0.3) is 0 Å². The molecule has 1 nitrogen and oxygen atoms in total. The Morgan fingerprint density at radius 2 is 1.92 bits per heavy atom. The van der Waals surface area contributed by atoms with Gasteiger partial charge in [0.05, 0.1) is 5.02 Å². The van der Waals surface area contributed by atoms with Gasteiger partial charge >= 0.3 is 0 Å². The molecule has 0 atom stereocenters. The van der Waals surface area contributed by atoms with Crippen molar-refractivity contribution in [3.8, 4) is 0 Å². The highest BCUT2D eigenvalue weighted by molar-refractivity contribution is 9.10. The average molecular weight is 321 g/mol. The summed E-state index contributed by atoms with van der Waals surface area (Å²) in [5.74, 6) is 0. The standard InChI is InChI=1S/C9H4Br2ClN/c10-5-1-2-6-7(3-5)8(12)4-13-9(6)11/h1-4H. The second kappa shape index (κ2) is 3.56. The van der Waals surface area contributed by atoms with Crippen molar-refractivity contribution in [2.45, 2.75) is 0 Å². The summed E-state index contributed by atoms with van der Waals surface area (Å²) in [6.07, 6.45) is 1.64. The molecule has 2 aromatic rings. The van der Waals surface area contributed by atoms with E-state index in [-0.39, 0.29) is 0 Å². The Bertz CT molecular complexity index is 470. The van der Waals surface area contributed by atoms with E-state index in [2.05, 4.69) is 36.8 Å². The normalized spacial score (nSPS) is 10.7. The van der Waals surface area contributed by atoms with Crippen LogP contribution in [0.15, 0.2) is 33.5 Å². The van der Waals surface area contributed by atoms with Gasteiger partial charge in [-0.05, 0) is 28.1 Å². The van der Waals surface area contributed by atoms with Crippen molar-refractivity contribution in [2.75, 3.05) is 0 Å². The van der Waals surface area contributed by atoms with Gasteiger partial charge in [0.15, 0.2) is 0 Å². The topological polar surface area (TPSA) is 12.9 Å². The molecule has 0 unspecified atom stereocenters. The van der Waals surface area contributed by atoms with E-state index in [4.69, 9.17) is 11.6 Å². The number of pyridine rings is 1. The first kappa shape index (κ1) is 9.44. The van der Waals surface area contributed by atoms with Gasteiger partial charge in [-0.2, -0.15) is 0 Å². The van der Waals surface area contributed by atoms with Crippen molar-refractivity contribution in [2.24, 2.45) is 0 Å². The zero-order chi connectivity index (χ0) is 9.42. The highest BCUT2D eigenvalue weighted by Crippen LogP contribution is 2.29. The minimum Gasteiger partial charge on any atom is -0.247 e. The predicted molar refractivity (Wildman–Crippen MR) is 62.2 cm³/mol. The highest BCUT2D eigenvalue weighted by Gasteiger charge is 2.03. The highest BCUT2D eigenvalue weighted by atomic mass is 79.9. The van der Waals surface area contributed by atoms with Crippen LogP contribution >= 0.6 is 43.5 Å². The number of halogens is 3. The summed E-state index contributed by atoms with van der Waals surface area (Å²) in [5, 5.41) is 2.69. The first-order chi connectivity index (χ1) is 6.18. The molecule has 0 aliphatic carbocycles. The predicted octanol–water partition coefficient (Wildman–Crippen LogP) is 4.41. The third-order valence-electron chi connectivity index (χ3n) is 1.75. The fourth-order valence-electron chi connectivity index (χ4n) is 1.15. The molecule has 0 amide bonds. The molecule has 0 fully saturated rings. The monoisotopic (exact) mass is 319 g/mol. The maximum atomic E-state index is 6.00. The molecule has 0 radical (unpaired) electrons. The summed E-state index contributed by atoms with van der Waals surface area (Å²) in [6.45, 7) is 0. The van der Waals surface area contributed by atoms with Crippen molar-refractivity contribution >= 4 is 54.2 Å². The summed E-state index contributed by atoms with van der Waals surface area (Å²) in [5.41, 5.74) is 0. The summed E-state index contributed by atoms with van der Waals surface area (Å²) < 4.78 is 1.83. The lowest BCUT2D eigenvalue weighted by atomic mass is 10.2. The first-order valence-corrected chi connectivity index (χ1v) is 5.54. The molecule has 0 saturated heterocycles. The van der Waals surface area contributed by atoms with E-state index < -0.39 is 0 Å². The van der Waals surface area contributed by atoms with E-state index in [1.54, 1.807) is 6.20 Å². The quantitative estimate of drug-likeness (QED) is 0.655. The molecule has 66 valence electrons. The molecule has 0 aliphatic heterocycles. The smallest absolute Gasteiger partial charge is 0.113 e. The maximum absolute atomic E-state index is 6.00. The summed E-state index contributed by atoms with van der Waals surface area (Å²) in [4.78, 5) is 4.11. The van der Waals surface area contributed by atoms with Gasteiger partial charge in [0.2, 0.25) is 0 Å². The minimum absolute atomic E-state index is 0.666. The molecule has 0 bridgehead atoms. The first-order valence-electron chi connectivity index (χ1n) is 3.58. The average Bonchev–Trinajstić information content (AvgIpc) is 2.12. The Morgan fingerprint density at radius 3 is 2.69 bits per heavy atom. The van der Waals surface area contributed by atoms with Crippen LogP contribution in [0.25, 0.3) is 10.8 Å². The number of aromatic nitrogens is 1. The fourth-order valence-corrected chi connectivity index (χ4v) is 2.16. The van der Waals surface area contributed by atoms with Crippen LogP contribution in [0.5, 0.6) is 0 Å². The summed E-state index contributed by atoms with van der Waals surface area (Å²) in [6, 6.07) is 5.91. The minimum atomic E-state index is 0.666. The number of rotatable bonds is 0. The van der Waals surface area contributed by atoms with Crippen molar-refractivity contribution in [1.82, 2.24) is 4.98 Å². The zero-order valence-electron chi connectivity index (χ0n) is 6.39. The van der Waals surface area contributed by atoms with Crippen molar-refractivity contribution in [1.29, 1.82) is 0 Å². The van der Waals surface area contributed by atoms with Gasteiger partial charge < -0.3 is 0 Å². The molecule has 0 N–H and O–H groups in total. The van der Waals surface area contributed by atoms with Crippen molar-refractivity contribution in [3.63, 3.8) is 0 Å². The van der Waals surface area contributed by atoms with E-state index in [0.29, 0.717) is 5.02 Å². The Balaban J connectivity index is 2.92. The van der Waals surface area contributed by atoms with Gasteiger partial charge in [-0.25, -0.2) is 4.98 Å². The molecule has 1 aromatic heterocycles. The van der Waals surface area contributed by atoms with Crippen molar-refractivity contribution in [3.05, 3.63) is 38.5 Å². The Morgan fingerprint density at radius 1 is 1.15 bits per heavy atom. The van der Waals surface area contributed by atoms with Crippen LogP contribution in [0.1, 0.15) is 0 Å². The Kier molecular flexibility index (Phi) is 2.58. The summed E-state index contributed by atoms with van der Waals surface area (Å²) in [7, 11) is 0. The molecule has 0 aliphatic rings. The van der Waals surface area contributed by atoms with Gasteiger partial charge in [-0.15, -0.1) is 0 Å². The second-order valence-corrected chi connectivity index (χ2v) is 4.66. The van der Waals surface area contributed by atoms with Crippen molar-refractivity contribution < 1.29 is 0 Å². The van der Waals surface area contributed by atoms with Crippen LogP contribution in [0, 0.1) is 0 Å². The number of fused-ring (bicyclic) bond motifs is 1. The second-order valence-electron chi connectivity index (χ2n) is 2.59. The van der Waals surface area contributed by atoms with Crippen LogP contribution in [0.4, 0.5) is 0 Å². The Labute approximate surface area is 97.4 Å². The fraction of sp³-hybridized carbons (Fsp3) is 0. The molecule has 1 aromatic carbocycles. The molecular weight excluding hydrogens is 317 g/mol. The number of nitrogens with zero attached hydrogens (tertiary/aromatic N) is 1. The lowest BCUT2D eigenvalue weighted by Crippen LogP contribution is -1.80. The maximum Gasteiger partial charge on any atom is 0.113 e. The molecule has 4 heteroatoms. The molecule has 0 spiro atoms. The summed E-state index contributed by atoms with van der Waals surface area (Å²) >= 11 is 12.8. The molecular formula is C9H4Br2ClN.